The van der Waals surface area contributed by atoms with E-state index < -0.39 is 23.6 Å². The van der Waals surface area contributed by atoms with E-state index in [9.17, 15) is 22.8 Å². The van der Waals surface area contributed by atoms with Crippen molar-refractivity contribution < 1.29 is 22.8 Å². The Morgan fingerprint density at radius 2 is 1.77 bits per heavy atom. The third-order valence-corrected chi connectivity index (χ3v) is 4.83. The molecule has 9 heteroatoms. The summed E-state index contributed by atoms with van der Waals surface area (Å²) in [6.07, 6.45) is -4.43. The van der Waals surface area contributed by atoms with Crippen molar-refractivity contribution in [2.24, 2.45) is 5.10 Å². The smallest absolute Gasteiger partial charge is 0.354 e. The fourth-order valence-corrected chi connectivity index (χ4v) is 2.87. The Balaban J connectivity index is 2.00. The van der Waals surface area contributed by atoms with Crippen LogP contribution in [0, 0.1) is 0 Å². The molecule has 0 bridgehead atoms. The van der Waals surface area contributed by atoms with Crippen molar-refractivity contribution in [3.63, 3.8) is 0 Å². The van der Waals surface area contributed by atoms with Gasteiger partial charge in [0.1, 0.15) is 6.54 Å². The molecule has 2 amide bonds. The molecule has 1 N–H and O–H groups in total. The standard InChI is InChI=1S/C22H23ClF3N3O2/c1-14(18-5-4-6-19(11-18)22(24,25)26)12-27-21(31)13-29(16(3)30)28-15(2)17-7-9-20(23)10-8-17/h4-11,14H,12-13H2,1-3H3,(H,27,31)/b28-15+. The molecule has 0 radical (unpaired) electrons. The molecule has 1 unspecified atom stereocenters. The van der Waals surface area contributed by atoms with Gasteiger partial charge in [0, 0.05) is 18.5 Å². The van der Waals surface area contributed by atoms with Gasteiger partial charge in [0.25, 0.3) is 0 Å². The number of carbonyl (C=O) groups is 2. The Morgan fingerprint density at radius 1 is 1.13 bits per heavy atom. The first-order valence-corrected chi connectivity index (χ1v) is 9.88. The predicted molar refractivity (Wildman–Crippen MR) is 114 cm³/mol. The highest BCUT2D eigenvalue weighted by Crippen LogP contribution is 2.31. The first-order valence-electron chi connectivity index (χ1n) is 9.50. The minimum atomic E-state index is -4.43. The van der Waals surface area contributed by atoms with Crippen molar-refractivity contribution >= 4 is 29.1 Å². The van der Waals surface area contributed by atoms with Gasteiger partial charge in [-0.3, -0.25) is 9.59 Å². The SMILES string of the molecule is CC(=O)N(CC(=O)NCC(C)c1cccc(C(F)(F)F)c1)/N=C(\C)c1ccc(Cl)cc1. The summed E-state index contributed by atoms with van der Waals surface area (Å²) in [6, 6.07) is 11.9. The largest absolute Gasteiger partial charge is 0.416 e. The molecule has 0 spiro atoms. The second kappa shape index (κ2) is 10.4. The van der Waals surface area contributed by atoms with Gasteiger partial charge in [-0.2, -0.15) is 18.3 Å². The average Bonchev–Trinajstić information content (AvgIpc) is 2.71. The van der Waals surface area contributed by atoms with Crippen molar-refractivity contribution in [1.29, 1.82) is 0 Å². The van der Waals surface area contributed by atoms with E-state index in [0.29, 0.717) is 16.3 Å². The average molecular weight is 454 g/mol. The van der Waals surface area contributed by atoms with Crippen LogP contribution < -0.4 is 5.32 Å². The van der Waals surface area contributed by atoms with Crippen molar-refractivity contribution in [3.8, 4) is 0 Å². The number of carbonyl (C=O) groups excluding carboxylic acids is 2. The summed E-state index contributed by atoms with van der Waals surface area (Å²) in [5.74, 6) is -1.24. The maximum absolute atomic E-state index is 12.9. The lowest BCUT2D eigenvalue weighted by Gasteiger charge is -2.18. The van der Waals surface area contributed by atoms with E-state index in [1.165, 1.54) is 13.0 Å². The van der Waals surface area contributed by atoms with E-state index in [1.54, 1.807) is 44.2 Å². The number of hydrazone groups is 1. The van der Waals surface area contributed by atoms with Gasteiger partial charge in [-0.05, 0) is 42.2 Å². The zero-order valence-corrected chi connectivity index (χ0v) is 18.1. The van der Waals surface area contributed by atoms with Crippen LogP contribution in [0.4, 0.5) is 13.2 Å². The van der Waals surface area contributed by atoms with Crippen molar-refractivity contribution in [2.75, 3.05) is 13.1 Å². The van der Waals surface area contributed by atoms with E-state index in [0.717, 1.165) is 22.7 Å². The molecular formula is C22H23ClF3N3O2. The number of hydrogen-bond donors (Lipinski definition) is 1. The number of rotatable bonds is 7. The summed E-state index contributed by atoms with van der Waals surface area (Å²) in [6.45, 7) is 4.51. The van der Waals surface area contributed by atoms with E-state index in [1.807, 2.05) is 0 Å². The van der Waals surface area contributed by atoms with Crippen molar-refractivity contribution in [3.05, 3.63) is 70.2 Å². The van der Waals surface area contributed by atoms with E-state index >= 15 is 0 Å². The highest BCUT2D eigenvalue weighted by molar-refractivity contribution is 6.30. The maximum atomic E-state index is 12.9. The van der Waals surface area contributed by atoms with Crippen LogP contribution in [0.15, 0.2) is 53.6 Å². The van der Waals surface area contributed by atoms with Gasteiger partial charge >= 0.3 is 6.18 Å². The lowest BCUT2D eigenvalue weighted by atomic mass is 9.99. The van der Waals surface area contributed by atoms with E-state index in [2.05, 4.69) is 10.4 Å². The van der Waals surface area contributed by atoms with Crippen LogP contribution in [0.5, 0.6) is 0 Å². The predicted octanol–water partition coefficient (Wildman–Crippen LogP) is 4.85. The molecular weight excluding hydrogens is 431 g/mol. The van der Waals surface area contributed by atoms with Crippen LogP contribution in [0.3, 0.4) is 0 Å². The third kappa shape index (κ3) is 7.40. The number of amides is 2. The Kier molecular flexibility index (Phi) is 8.21. The van der Waals surface area contributed by atoms with E-state index in [-0.39, 0.29) is 19.0 Å². The third-order valence-electron chi connectivity index (χ3n) is 4.58. The lowest BCUT2D eigenvalue weighted by molar-refractivity contribution is -0.137. The number of hydrogen-bond acceptors (Lipinski definition) is 3. The molecule has 0 aliphatic carbocycles. The number of nitrogens with zero attached hydrogens (tertiary/aromatic N) is 2. The van der Waals surface area contributed by atoms with Gasteiger partial charge in [0.15, 0.2) is 0 Å². The fraction of sp³-hybridized carbons (Fsp3) is 0.318. The van der Waals surface area contributed by atoms with Crippen LogP contribution in [-0.2, 0) is 15.8 Å². The number of nitrogens with one attached hydrogen (secondary N) is 1. The quantitative estimate of drug-likeness (QED) is 0.481. The Morgan fingerprint density at radius 3 is 2.35 bits per heavy atom. The zero-order chi connectivity index (χ0) is 23.2. The first-order chi connectivity index (χ1) is 14.5. The normalized spacial score (nSPS) is 12.9. The van der Waals surface area contributed by atoms with Gasteiger partial charge in [0.2, 0.25) is 11.8 Å². The molecule has 2 aromatic rings. The minimum Gasteiger partial charge on any atom is -0.354 e. The summed E-state index contributed by atoms with van der Waals surface area (Å²) in [7, 11) is 0. The minimum absolute atomic E-state index is 0.117. The van der Waals surface area contributed by atoms with Gasteiger partial charge in [-0.15, -0.1) is 0 Å². The number of alkyl halides is 3. The molecule has 2 rings (SSSR count). The van der Waals surface area contributed by atoms with Crippen LogP contribution in [-0.4, -0.2) is 35.6 Å². The second-order valence-electron chi connectivity index (χ2n) is 7.10. The highest BCUT2D eigenvalue weighted by Gasteiger charge is 2.30. The molecule has 166 valence electrons. The summed E-state index contributed by atoms with van der Waals surface area (Å²) >= 11 is 5.86. The summed E-state index contributed by atoms with van der Waals surface area (Å²) < 4.78 is 38.7. The van der Waals surface area contributed by atoms with Gasteiger partial charge in [-0.25, -0.2) is 5.01 Å². The van der Waals surface area contributed by atoms with Crippen molar-refractivity contribution in [1.82, 2.24) is 10.3 Å². The molecule has 0 saturated heterocycles. The monoisotopic (exact) mass is 453 g/mol. The molecule has 0 saturated carbocycles. The molecule has 0 aromatic heterocycles. The second-order valence-corrected chi connectivity index (χ2v) is 7.53. The zero-order valence-electron chi connectivity index (χ0n) is 17.3. The Bertz CT molecular complexity index is 959. The van der Waals surface area contributed by atoms with Gasteiger partial charge < -0.3 is 5.32 Å². The highest BCUT2D eigenvalue weighted by atomic mass is 35.5. The number of benzene rings is 2. The van der Waals surface area contributed by atoms with Crippen LogP contribution in [0.1, 0.15) is 43.4 Å². The van der Waals surface area contributed by atoms with E-state index in [4.69, 9.17) is 11.6 Å². The topological polar surface area (TPSA) is 61.8 Å². The molecule has 0 fully saturated rings. The van der Waals surface area contributed by atoms with Crippen LogP contribution in [0.25, 0.3) is 0 Å². The summed E-state index contributed by atoms with van der Waals surface area (Å²) in [5.41, 5.74) is 0.985. The van der Waals surface area contributed by atoms with Gasteiger partial charge in [-0.1, -0.05) is 48.9 Å². The molecule has 5 nitrogen and oxygen atoms in total. The molecule has 1 atom stereocenters. The molecule has 0 aliphatic rings. The molecule has 0 aliphatic heterocycles. The van der Waals surface area contributed by atoms with Crippen LogP contribution in [0.2, 0.25) is 5.02 Å². The Hall–Kier alpha value is -2.87. The molecule has 0 heterocycles. The van der Waals surface area contributed by atoms with Crippen LogP contribution >= 0.6 is 11.6 Å². The maximum Gasteiger partial charge on any atom is 0.416 e. The molecule has 31 heavy (non-hydrogen) atoms. The summed E-state index contributed by atoms with van der Waals surface area (Å²) in [5, 5.41) is 8.46. The number of halogens is 4. The van der Waals surface area contributed by atoms with Crippen molar-refractivity contribution in [2.45, 2.75) is 32.9 Å². The fourth-order valence-electron chi connectivity index (χ4n) is 2.75. The van der Waals surface area contributed by atoms with Gasteiger partial charge in [0.05, 0.1) is 11.3 Å². The Labute approximate surface area is 183 Å². The first kappa shape index (κ1) is 24.4. The summed E-state index contributed by atoms with van der Waals surface area (Å²) in [4.78, 5) is 24.2. The lowest BCUT2D eigenvalue weighted by Crippen LogP contribution is -2.38. The molecule has 2 aromatic carbocycles.